The van der Waals surface area contributed by atoms with Crippen LogP contribution in [0.2, 0.25) is 0 Å². The van der Waals surface area contributed by atoms with Gasteiger partial charge in [-0.15, -0.1) is 7.92 Å². The topological polar surface area (TPSA) is 106 Å². The van der Waals surface area contributed by atoms with Gasteiger partial charge in [-0.2, -0.15) is 0 Å². The van der Waals surface area contributed by atoms with E-state index in [1.165, 1.54) is 116 Å². The van der Waals surface area contributed by atoms with Crippen molar-refractivity contribution >= 4 is 7.92 Å². The van der Waals surface area contributed by atoms with Gasteiger partial charge in [-0.05, 0) is 37.2 Å². The van der Waals surface area contributed by atoms with Gasteiger partial charge in [-0.3, -0.25) is 0 Å². The molecule has 0 radical (unpaired) electrons. The highest BCUT2D eigenvalue weighted by molar-refractivity contribution is 7.58. The van der Waals surface area contributed by atoms with E-state index in [0.717, 1.165) is 5.66 Å². The monoisotopic (exact) mass is 485 g/mol. The molecular weight excluding hydrogens is 429 g/mol. The average molecular weight is 486 g/mol. The number of quaternary nitrogens is 1. The lowest BCUT2D eigenvalue weighted by molar-refractivity contribution is -1.73. The van der Waals surface area contributed by atoms with Crippen LogP contribution < -0.4 is 20.1 Å². The van der Waals surface area contributed by atoms with E-state index in [9.17, 15) is 0 Å². The van der Waals surface area contributed by atoms with E-state index in [1.54, 1.807) is 12.3 Å². The predicted octanol–water partition coefficient (Wildman–Crippen LogP) is 6.75. The second-order valence-electron chi connectivity index (χ2n) is 8.81. The van der Waals surface area contributed by atoms with Crippen LogP contribution in [0, 0.1) is 10.8 Å². The maximum atomic E-state index is 8.41. The van der Waals surface area contributed by atoms with E-state index in [0.29, 0.717) is 7.92 Å². The van der Waals surface area contributed by atoms with Crippen LogP contribution in [0.15, 0.2) is 0 Å². The first kappa shape index (κ1) is 36.1. The zero-order valence-electron chi connectivity index (χ0n) is 21.8. The zero-order valence-corrected chi connectivity index (χ0v) is 23.4. The van der Waals surface area contributed by atoms with Gasteiger partial charge in [-0.25, -0.2) is 0 Å². The van der Waals surface area contributed by atoms with Gasteiger partial charge in [-0.1, -0.05) is 124 Å². The summed E-state index contributed by atoms with van der Waals surface area (Å²) >= 11 is 0. The lowest BCUT2D eigenvalue weighted by atomic mass is 10.1. The maximum Gasteiger partial charge on any atom is 0.0695 e. The third kappa shape index (κ3) is 32.8. The van der Waals surface area contributed by atoms with Crippen molar-refractivity contribution in [3.05, 3.63) is 0 Å². The molecule has 0 aliphatic heterocycles. The molecule has 0 aromatic carbocycles. The molecule has 0 fully saturated rings. The molecule has 0 spiro atoms. The van der Waals surface area contributed by atoms with Gasteiger partial charge < -0.3 is 20.1 Å². The summed E-state index contributed by atoms with van der Waals surface area (Å²) < 4.78 is 25.2. The van der Waals surface area contributed by atoms with Crippen LogP contribution in [-0.2, 0) is 0 Å². The van der Waals surface area contributed by atoms with E-state index in [-0.39, 0.29) is 6.15 Å². The van der Waals surface area contributed by atoms with Crippen LogP contribution in [0.4, 0.5) is 0 Å². The predicted molar refractivity (Wildman–Crippen MR) is 132 cm³/mol. The van der Waals surface area contributed by atoms with Crippen molar-refractivity contribution in [1.29, 1.82) is 0 Å². The van der Waals surface area contributed by atoms with E-state index in [4.69, 9.17) is 14.0 Å². The molecule has 0 amide bonds. The fraction of sp³-hybridized carbons (Fsp3) is 1.00. The summed E-state index contributed by atoms with van der Waals surface area (Å²) in [5.41, 5.74) is 1.03. The van der Waals surface area contributed by atoms with Crippen LogP contribution in [0.25, 0.3) is 0 Å². The minimum Gasteiger partial charge on any atom is -0.369 e. The fourth-order valence-electron chi connectivity index (χ4n) is 3.97. The standard InChI is InChI=1S/C25H53P.ClO3.H3N/c1-5-8-11-14-17-20-23-26(24-21-18-15-12-9-6-2)25(4)22-19-16-13-10-7-3;2-1(3)4;/h25H,5-24H2,1-4H3;;1H3/q;-1;/p+1. The molecule has 0 aromatic heterocycles. The molecule has 0 aromatic rings. The molecule has 0 aliphatic carbocycles. The molecule has 1 atom stereocenters. The number of unbranched alkanes of at least 4 members (excludes halogenated alkanes) is 14. The average Bonchev–Trinajstić information content (AvgIpc) is 2.70. The second kappa shape index (κ2) is 30.6. The van der Waals surface area contributed by atoms with Crippen molar-refractivity contribution in [2.75, 3.05) is 12.3 Å². The first-order chi connectivity index (χ1) is 14.5. The lowest BCUT2D eigenvalue weighted by Gasteiger charge is -2.25. The summed E-state index contributed by atoms with van der Waals surface area (Å²) in [5.74, 6) is 0. The molecule has 0 heterocycles. The number of hydrogen-bond donors (Lipinski definition) is 1. The molecule has 31 heavy (non-hydrogen) atoms. The number of hydrogen-bond acceptors (Lipinski definition) is 3. The largest absolute Gasteiger partial charge is 0.369 e. The molecule has 0 rings (SSSR count). The molecule has 0 bridgehead atoms. The molecule has 1 unspecified atom stereocenters. The Morgan fingerprint density at radius 3 is 1.19 bits per heavy atom. The van der Waals surface area contributed by atoms with Crippen LogP contribution in [-0.4, -0.2) is 18.0 Å². The normalized spacial score (nSPS) is 11.9. The summed E-state index contributed by atoms with van der Waals surface area (Å²) in [5, 5.41) is 0. The Balaban J connectivity index is -0.00000143. The Kier molecular flexibility index (Phi) is 35.6. The molecule has 4 nitrogen and oxygen atoms in total. The van der Waals surface area contributed by atoms with Gasteiger partial charge in [0, 0.05) is 0 Å². The minimum absolute atomic E-state index is 0. The highest BCUT2D eigenvalue weighted by atomic mass is 35.6. The number of rotatable bonds is 21. The van der Waals surface area contributed by atoms with Crippen molar-refractivity contribution in [3.63, 3.8) is 0 Å². The van der Waals surface area contributed by atoms with Crippen molar-refractivity contribution in [2.45, 2.75) is 149 Å². The molecule has 4 N–H and O–H groups in total. The second-order valence-corrected chi connectivity index (χ2v) is 12.1. The van der Waals surface area contributed by atoms with Gasteiger partial charge in [0.25, 0.3) is 0 Å². The van der Waals surface area contributed by atoms with Gasteiger partial charge >= 0.3 is 0 Å². The van der Waals surface area contributed by atoms with Crippen LogP contribution >= 0.6 is 7.92 Å². The quantitative estimate of drug-likeness (QED) is 0.143. The van der Waals surface area contributed by atoms with Gasteiger partial charge in [0.1, 0.15) is 0 Å². The molecule has 0 saturated heterocycles. The van der Waals surface area contributed by atoms with E-state index in [1.807, 2.05) is 0 Å². The summed E-state index contributed by atoms with van der Waals surface area (Å²) in [6, 6.07) is 0. The molecule has 192 valence electrons. The Bertz CT molecular complexity index is 294. The SMILES string of the molecule is CCCCCCCCP(CCCCCCCC)C(C)CCCCCCC.[NH4+].[O-][Cl+2]([O-])[O-]. The molecular formula is C25H57ClNO3P. The van der Waals surface area contributed by atoms with E-state index < -0.39 is 10.8 Å². The van der Waals surface area contributed by atoms with Gasteiger partial charge in [0.2, 0.25) is 0 Å². The van der Waals surface area contributed by atoms with Crippen molar-refractivity contribution in [1.82, 2.24) is 6.15 Å². The highest BCUT2D eigenvalue weighted by Crippen LogP contribution is 2.45. The van der Waals surface area contributed by atoms with Crippen molar-refractivity contribution in [3.8, 4) is 0 Å². The maximum absolute atomic E-state index is 8.41. The summed E-state index contributed by atoms with van der Waals surface area (Å²) in [4.78, 5) is 0. The highest BCUT2D eigenvalue weighted by Gasteiger charge is 2.15. The first-order valence-electron chi connectivity index (χ1n) is 13.0. The third-order valence-electron chi connectivity index (χ3n) is 5.95. The number of halogens is 1. The fourth-order valence-corrected chi connectivity index (χ4v) is 6.88. The van der Waals surface area contributed by atoms with Gasteiger partial charge in [0.05, 0.1) is 10.8 Å². The summed E-state index contributed by atoms with van der Waals surface area (Å²) in [6.45, 7) is 9.56. The van der Waals surface area contributed by atoms with E-state index in [2.05, 4.69) is 27.7 Å². The first-order valence-corrected chi connectivity index (χ1v) is 15.7. The van der Waals surface area contributed by atoms with Crippen molar-refractivity contribution < 1.29 is 24.8 Å². The van der Waals surface area contributed by atoms with Crippen LogP contribution in [0.1, 0.15) is 143 Å². The molecule has 0 aliphatic rings. The van der Waals surface area contributed by atoms with Crippen molar-refractivity contribution in [2.24, 2.45) is 0 Å². The zero-order chi connectivity index (χ0) is 22.9. The van der Waals surface area contributed by atoms with Crippen LogP contribution in [0.3, 0.4) is 0 Å². The van der Waals surface area contributed by atoms with Crippen LogP contribution in [0.5, 0.6) is 0 Å². The summed E-state index contributed by atoms with van der Waals surface area (Å²) in [7, 11) is -2.55. The Morgan fingerprint density at radius 1 is 0.548 bits per heavy atom. The Labute approximate surface area is 200 Å². The van der Waals surface area contributed by atoms with Gasteiger partial charge in [0.15, 0.2) is 0 Å². The Morgan fingerprint density at radius 2 is 0.839 bits per heavy atom. The molecule has 0 saturated carbocycles. The Hall–Kier alpha value is 0.560. The summed E-state index contributed by atoms with van der Waals surface area (Å²) in [6.07, 6.45) is 29.5. The third-order valence-corrected chi connectivity index (χ3v) is 9.23. The minimum atomic E-state index is -2.85. The van der Waals surface area contributed by atoms with E-state index >= 15 is 0 Å². The lowest BCUT2D eigenvalue weighted by Crippen LogP contribution is -2.42. The molecule has 6 heteroatoms. The smallest absolute Gasteiger partial charge is 0.0695 e.